The van der Waals surface area contributed by atoms with Crippen molar-refractivity contribution in [2.75, 3.05) is 13.2 Å². The Bertz CT molecular complexity index is 1280. The number of hydrogen-bond donors (Lipinski definition) is 3. The SMILES string of the molecule is CCCCCCCCC/C=C\CCCCCCCCCC(=O)OCCCCCCCCCCCCCCCCCCCCCCCCC(=O)NC(CO)C(O)/C=C/CCCCCCCCCCCCCCCCCCCCCCCCC. The predicted molar refractivity (Wildman–Crippen MR) is 361 cm³/mol. The van der Waals surface area contributed by atoms with Gasteiger partial charge in [-0.3, -0.25) is 9.59 Å². The van der Waals surface area contributed by atoms with Crippen molar-refractivity contribution in [2.24, 2.45) is 0 Å². The molecule has 1 amide bonds. The van der Waals surface area contributed by atoms with Crippen LogP contribution in [-0.4, -0.2) is 47.4 Å². The van der Waals surface area contributed by atoms with Crippen molar-refractivity contribution in [1.29, 1.82) is 0 Å². The number of aliphatic hydroxyl groups excluding tert-OH is 2. The maximum absolute atomic E-state index is 12.5. The van der Waals surface area contributed by atoms with Crippen molar-refractivity contribution in [2.45, 2.75) is 437 Å². The third kappa shape index (κ3) is 67.5. The van der Waals surface area contributed by atoms with Gasteiger partial charge in [0, 0.05) is 12.8 Å². The van der Waals surface area contributed by atoms with Gasteiger partial charge in [-0.1, -0.05) is 378 Å². The van der Waals surface area contributed by atoms with E-state index in [0.717, 1.165) is 44.9 Å². The van der Waals surface area contributed by atoms with Gasteiger partial charge in [0.15, 0.2) is 0 Å². The molecule has 2 unspecified atom stereocenters. The van der Waals surface area contributed by atoms with Gasteiger partial charge in [-0.15, -0.1) is 0 Å². The van der Waals surface area contributed by atoms with Gasteiger partial charge in [0.1, 0.15) is 0 Å². The second kappa shape index (κ2) is 71.8. The first-order valence-electron chi connectivity index (χ1n) is 37.6. The van der Waals surface area contributed by atoms with E-state index in [1.165, 1.54) is 353 Å². The van der Waals surface area contributed by atoms with Crippen LogP contribution >= 0.6 is 0 Å². The number of amides is 1. The number of rotatable bonds is 71. The van der Waals surface area contributed by atoms with Gasteiger partial charge in [-0.2, -0.15) is 0 Å². The topological polar surface area (TPSA) is 95.9 Å². The van der Waals surface area contributed by atoms with Crippen molar-refractivity contribution in [3.8, 4) is 0 Å². The fourth-order valence-corrected chi connectivity index (χ4v) is 12.0. The molecule has 0 heterocycles. The molecule has 0 aliphatic rings. The van der Waals surface area contributed by atoms with Crippen LogP contribution in [0.3, 0.4) is 0 Å². The molecule has 0 aromatic rings. The first kappa shape index (κ1) is 80.3. The quantitative estimate of drug-likeness (QED) is 0.0320. The van der Waals surface area contributed by atoms with E-state index in [9.17, 15) is 19.8 Å². The average molecular weight is 1160 g/mol. The van der Waals surface area contributed by atoms with Crippen LogP contribution < -0.4 is 5.32 Å². The molecule has 0 aromatic carbocycles. The lowest BCUT2D eigenvalue weighted by atomic mass is 10.0. The van der Waals surface area contributed by atoms with E-state index in [2.05, 4.69) is 31.3 Å². The number of carbonyl (C=O) groups excluding carboxylic acids is 2. The summed E-state index contributed by atoms with van der Waals surface area (Å²) < 4.78 is 5.51. The smallest absolute Gasteiger partial charge is 0.305 e. The summed E-state index contributed by atoms with van der Waals surface area (Å²) in [5.74, 6) is -0.0521. The Morgan fingerprint density at radius 2 is 0.573 bits per heavy atom. The summed E-state index contributed by atoms with van der Waals surface area (Å²) in [6.45, 7) is 4.95. The Morgan fingerprint density at radius 3 is 0.866 bits per heavy atom. The summed E-state index contributed by atoms with van der Waals surface area (Å²) >= 11 is 0. The maximum atomic E-state index is 12.5. The molecule has 6 nitrogen and oxygen atoms in total. The van der Waals surface area contributed by atoms with Crippen molar-refractivity contribution in [3.05, 3.63) is 24.3 Å². The summed E-state index contributed by atoms with van der Waals surface area (Å²) in [6.07, 6.45) is 91.3. The Labute approximate surface area is 513 Å². The van der Waals surface area contributed by atoms with Gasteiger partial charge in [-0.25, -0.2) is 0 Å². The van der Waals surface area contributed by atoms with E-state index < -0.39 is 12.1 Å². The molecule has 3 N–H and O–H groups in total. The number of nitrogens with one attached hydrogen (secondary N) is 1. The number of ether oxygens (including phenoxy) is 1. The molecule has 0 aromatic heterocycles. The van der Waals surface area contributed by atoms with Gasteiger partial charge in [0.25, 0.3) is 0 Å². The summed E-state index contributed by atoms with van der Waals surface area (Å²) in [7, 11) is 0. The van der Waals surface area contributed by atoms with Crippen LogP contribution in [-0.2, 0) is 14.3 Å². The van der Waals surface area contributed by atoms with Crippen LogP contribution in [0.1, 0.15) is 425 Å². The van der Waals surface area contributed by atoms with Crippen LogP contribution in [0.25, 0.3) is 0 Å². The van der Waals surface area contributed by atoms with Gasteiger partial charge < -0.3 is 20.3 Å². The molecule has 0 rings (SSSR count). The average Bonchev–Trinajstić information content (AvgIpc) is 3.48. The van der Waals surface area contributed by atoms with Crippen molar-refractivity contribution in [1.82, 2.24) is 5.32 Å². The third-order valence-electron chi connectivity index (χ3n) is 17.7. The van der Waals surface area contributed by atoms with Gasteiger partial charge >= 0.3 is 5.97 Å². The molecule has 486 valence electrons. The zero-order chi connectivity index (χ0) is 59.2. The second-order valence-electron chi connectivity index (χ2n) is 26.0. The number of allylic oxidation sites excluding steroid dienone is 3. The molecule has 0 aliphatic heterocycles. The number of esters is 1. The van der Waals surface area contributed by atoms with E-state index in [0.29, 0.717) is 19.4 Å². The number of hydrogen-bond acceptors (Lipinski definition) is 5. The molecule has 0 fully saturated rings. The molecule has 0 saturated carbocycles. The van der Waals surface area contributed by atoms with E-state index in [4.69, 9.17) is 4.74 Å². The van der Waals surface area contributed by atoms with E-state index in [1.54, 1.807) is 6.08 Å². The van der Waals surface area contributed by atoms with Gasteiger partial charge in [-0.05, 0) is 57.8 Å². The largest absolute Gasteiger partial charge is 0.466 e. The molecule has 0 spiro atoms. The van der Waals surface area contributed by atoms with Crippen molar-refractivity contribution in [3.63, 3.8) is 0 Å². The monoisotopic (exact) mass is 1150 g/mol. The molecular weight excluding hydrogens is 1010 g/mol. The number of unbranched alkanes of at least 4 members (excludes halogenated alkanes) is 58. The van der Waals surface area contributed by atoms with Gasteiger partial charge in [0.2, 0.25) is 5.91 Å². The highest BCUT2D eigenvalue weighted by Crippen LogP contribution is 2.19. The van der Waals surface area contributed by atoms with E-state index in [1.807, 2.05) is 6.08 Å². The van der Waals surface area contributed by atoms with Crippen LogP contribution in [0.15, 0.2) is 24.3 Å². The first-order valence-corrected chi connectivity index (χ1v) is 37.6. The second-order valence-corrected chi connectivity index (χ2v) is 26.0. The zero-order valence-corrected chi connectivity index (χ0v) is 55.8. The molecular formula is C76H147NO5. The minimum absolute atomic E-state index is 0.0110. The molecule has 0 aliphatic carbocycles. The molecule has 82 heavy (non-hydrogen) atoms. The summed E-state index contributed by atoms with van der Waals surface area (Å²) in [4.78, 5) is 24.7. The Hall–Kier alpha value is -1.66. The fourth-order valence-electron chi connectivity index (χ4n) is 12.0. The normalized spacial score (nSPS) is 12.6. The molecule has 0 radical (unpaired) electrons. The van der Waals surface area contributed by atoms with Crippen molar-refractivity contribution >= 4 is 11.9 Å². The van der Waals surface area contributed by atoms with E-state index in [-0.39, 0.29) is 18.5 Å². The van der Waals surface area contributed by atoms with Gasteiger partial charge in [0.05, 0.1) is 25.4 Å². The Kier molecular flexibility index (Phi) is 70.4. The highest BCUT2D eigenvalue weighted by Gasteiger charge is 2.18. The minimum Gasteiger partial charge on any atom is -0.466 e. The van der Waals surface area contributed by atoms with Crippen LogP contribution in [0.4, 0.5) is 0 Å². The molecule has 0 saturated heterocycles. The molecule has 0 bridgehead atoms. The predicted octanol–water partition coefficient (Wildman–Crippen LogP) is 24.5. The fraction of sp³-hybridized carbons (Fsp3) is 0.921. The Morgan fingerprint density at radius 1 is 0.329 bits per heavy atom. The summed E-state index contributed by atoms with van der Waals surface area (Å²) in [5, 5.41) is 23.3. The first-order chi connectivity index (χ1) is 40.5. The summed E-state index contributed by atoms with van der Waals surface area (Å²) in [6, 6.07) is -0.630. The molecule has 2 atom stereocenters. The third-order valence-corrected chi connectivity index (χ3v) is 17.7. The van der Waals surface area contributed by atoms with E-state index >= 15 is 0 Å². The lowest BCUT2D eigenvalue weighted by Crippen LogP contribution is -2.45. The number of aliphatic hydroxyl groups is 2. The minimum atomic E-state index is -0.846. The molecule has 6 heteroatoms. The lowest BCUT2D eigenvalue weighted by Gasteiger charge is -2.20. The highest BCUT2D eigenvalue weighted by atomic mass is 16.5. The maximum Gasteiger partial charge on any atom is 0.305 e. The standard InChI is InChI=1S/C76H147NO5/c1-3-5-7-9-11-13-15-17-19-21-23-24-25-26-27-30-33-36-40-44-48-52-56-60-64-68-74(79)73(72-78)77-75(80)69-65-61-57-53-49-45-41-37-34-31-28-29-32-35-39-43-47-51-55-59-63-67-71-82-76(81)70-66-62-58-54-50-46-42-38-22-20-18-16-14-12-10-8-6-4-2/h20,22,64,68,73-74,78-79H,3-19,21,23-63,65-67,69-72H2,1-2H3,(H,77,80)/b22-20-,68-64+. The van der Waals surface area contributed by atoms with Crippen molar-refractivity contribution < 1.29 is 24.5 Å². The summed E-state index contributed by atoms with van der Waals surface area (Å²) in [5.41, 5.74) is 0. The highest BCUT2D eigenvalue weighted by molar-refractivity contribution is 5.76. The van der Waals surface area contributed by atoms with Crippen LogP contribution in [0, 0.1) is 0 Å². The van der Waals surface area contributed by atoms with Crippen LogP contribution in [0.5, 0.6) is 0 Å². The van der Waals surface area contributed by atoms with Crippen LogP contribution in [0.2, 0.25) is 0 Å². The zero-order valence-electron chi connectivity index (χ0n) is 55.8. The number of carbonyl (C=O) groups is 2. The lowest BCUT2D eigenvalue weighted by molar-refractivity contribution is -0.143. The Balaban J connectivity index is 3.40.